The molecule has 0 aliphatic carbocycles. The van der Waals surface area contributed by atoms with E-state index in [-0.39, 0.29) is 0 Å². The highest BCUT2D eigenvalue weighted by Gasteiger charge is 2.49. The van der Waals surface area contributed by atoms with Crippen molar-refractivity contribution in [3.63, 3.8) is 0 Å². The van der Waals surface area contributed by atoms with E-state index in [1.54, 1.807) is 0 Å². The van der Waals surface area contributed by atoms with E-state index in [1.165, 1.54) is 0 Å². The predicted molar refractivity (Wildman–Crippen MR) is 183 cm³/mol. The van der Waals surface area contributed by atoms with Crippen LogP contribution in [0.15, 0.2) is 150 Å². The summed E-state index contributed by atoms with van der Waals surface area (Å²) in [5.74, 6) is 0. The number of hydrogen-bond donors (Lipinski definition) is 0. The van der Waals surface area contributed by atoms with Gasteiger partial charge in [0.05, 0.1) is 33.0 Å². The second-order valence-corrected chi connectivity index (χ2v) is 12.3. The SMILES string of the molecule is Brc1ccc([C@@H]2OC(COCc3ccccc3)[C@@H](OCc3ccccc3)[C@@H](OCc3ccccc3)C2OCc2ccccc2)cc1. The van der Waals surface area contributed by atoms with E-state index in [9.17, 15) is 0 Å². The van der Waals surface area contributed by atoms with Crippen LogP contribution < -0.4 is 0 Å². The summed E-state index contributed by atoms with van der Waals surface area (Å²) in [7, 11) is 0. The van der Waals surface area contributed by atoms with Gasteiger partial charge >= 0.3 is 0 Å². The van der Waals surface area contributed by atoms with Gasteiger partial charge in [0, 0.05) is 4.47 Å². The lowest BCUT2D eigenvalue weighted by atomic mass is 9.90. The maximum Gasteiger partial charge on any atom is 0.117 e. The van der Waals surface area contributed by atoms with E-state index >= 15 is 0 Å². The van der Waals surface area contributed by atoms with Crippen molar-refractivity contribution < 1.29 is 23.7 Å². The summed E-state index contributed by atoms with van der Waals surface area (Å²) >= 11 is 3.59. The van der Waals surface area contributed by atoms with Crippen molar-refractivity contribution in [2.24, 2.45) is 0 Å². The Morgan fingerprint density at radius 2 is 0.870 bits per heavy atom. The van der Waals surface area contributed by atoms with Crippen molar-refractivity contribution in [3.05, 3.63) is 178 Å². The minimum absolute atomic E-state index is 0.331. The first-order valence-electron chi connectivity index (χ1n) is 15.7. The Hall–Kier alpha value is -3.62. The fourth-order valence-electron chi connectivity index (χ4n) is 5.71. The summed E-state index contributed by atoms with van der Waals surface area (Å²) in [5, 5.41) is 0. The highest BCUT2D eigenvalue weighted by molar-refractivity contribution is 9.10. The van der Waals surface area contributed by atoms with Crippen LogP contribution in [0, 0.1) is 0 Å². The average molecular weight is 680 g/mol. The first kappa shape index (κ1) is 32.3. The zero-order chi connectivity index (χ0) is 31.4. The molecule has 6 rings (SSSR count). The number of benzene rings is 5. The third kappa shape index (κ3) is 9.01. The van der Waals surface area contributed by atoms with Crippen LogP contribution in [0.25, 0.3) is 0 Å². The fourth-order valence-corrected chi connectivity index (χ4v) is 5.97. The van der Waals surface area contributed by atoms with E-state index in [2.05, 4.69) is 76.6 Å². The van der Waals surface area contributed by atoms with E-state index in [0.29, 0.717) is 33.0 Å². The molecule has 236 valence electrons. The lowest BCUT2D eigenvalue weighted by molar-refractivity contribution is -0.275. The Bertz CT molecular complexity index is 1570. The van der Waals surface area contributed by atoms with E-state index in [1.807, 2.05) is 84.9 Å². The quantitative estimate of drug-likeness (QED) is 0.117. The number of ether oxygens (including phenoxy) is 5. The van der Waals surface area contributed by atoms with E-state index < -0.39 is 30.5 Å². The molecule has 0 radical (unpaired) electrons. The van der Waals surface area contributed by atoms with Gasteiger partial charge in [0.1, 0.15) is 30.5 Å². The summed E-state index contributed by atoms with van der Waals surface area (Å²) in [6, 6.07) is 49.0. The first-order chi connectivity index (χ1) is 22.7. The summed E-state index contributed by atoms with van der Waals surface area (Å²) in [6.07, 6.45) is -2.22. The van der Waals surface area contributed by atoms with Crippen molar-refractivity contribution in [1.29, 1.82) is 0 Å². The topological polar surface area (TPSA) is 46.2 Å². The largest absolute Gasteiger partial charge is 0.374 e. The monoisotopic (exact) mass is 678 g/mol. The van der Waals surface area contributed by atoms with Gasteiger partial charge in [-0.25, -0.2) is 0 Å². The molecule has 1 heterocycles. The van der Waals surface area contributed by atoms with Gasteiger partial charge in [0.25, 0.3) is 0 Å². The molecule has 5 aromatic carbocycles. The Kier molecular flexibility index (Phi) is 11.8. The standard InChI is InChI=1S/C40H39BrO5/c41-35-23-21-34(22-24-35)37-39(44-27-32-17-9-3-10-18-32)40(45-28-33-19-11-4-12-20-33)38(43-26-31-15-7-2-8-16-31)36(46-37)29-42-25-30-13-5-1-6-14-30/h1-24,36-40H,25-29H2/t36?,37-,38+,39?,40+/m0/s1. The van der Waals surface area contributed by atoms with Crippen molar-refractivity contribution in [2.45, 2.75) is 56.9 Å². The molecule has 5 aromatic rings. The second-order valence-electron chi connectivity index (χ2n) is 11.4. The summed E-state index contributed by atoms with van der Waals surface area (Å²) in [6.45, 7) is 2.03. The molecular formula is C40H39BrO5. The molecule has 46 heavy (non-hydrogen) atoms. The summed E-state index contributed by atoms with van der Waals surface area (Å²) in [5.41, 5.74) is 5.34. The molecule has 0 bridgehead atoms. The van der Waals surface area contributed by atoms with Crippen LogP contribution in [0.1, 0.15) is 33.9 Å². The van der Waals surface area contributed by atoms with Crippen molar-refractivity contribution in [2.75, 3.05) is 6.61 Å². The van der Waals surface area contributed by atoms with E-state index in [0.717, 1.165) is 32.3 Å². The lowest BCUT2D eigenvalue weighted by Crippen LogP contribution is -2.58. The van der Waals surface area contributed by atoms with Crippen molar-refractivity contribution >= 4 is 15.9 Å². The highest BCUT2D eigenvalue weighted by atomic mass is 79.9. The molecule has 1 aliphatic heterocycles. The van der Waals surface area contributed by atoms with Crippen molar-refractivity contribution in [3.8, 4) is 0 Å². The molecule has 0 amide bonds. The molecule has 5 nitrogen and oxygen atoms in total. The van der Waals surface area contributed by atoms with Crippen LogP contribution in [0.3, 0.4) is 0 Å². The van der Waals surface area contributed by atoms with Crippen LogP contribution in [0.4, 0.5) is 0 Å². The van der Waals surface area contributed by atoms with Gasteiger partial charge in [-0.15, -0.1) is 0 Å². The van der Waals surface area contributed by atoms with Crippen LogP contribution in [-0.4, -0.2) is 31.0 Å². The maximum absolute atomic E-state index is 6.96. The third-order valence-electron chi connectivity index (χ3n) is 8.08. The zero-order valence-corrected chi connectivity index (χ0v) is 27.3. The molecule has 0 saturated carbocycles. The highest BCUT2D eigenvalue weighted by Crippen LogP contribution is 2.39. The third-order valence-corrected chi connectivity index (χ3v) is 8.61. The van der Waals surface area contributed by atoms with Gasteiger partial charge in [-0.2, -0.15) is 0 Å². The van der Waals surface area contributed by atoms with Gasteiger partial charge in [-0.1, -0.05) is 149 Å². The fraction of sp³-hybridized carbons (Fsp3) is 0.250. The number of rotatable bonds is 14. The Balaban J connectivity index is 1.33. The first-order valence-corrected chi connectivity index (χ1v) is 16.5. The van der Waals surface area contributed by atoms with Gasteiger partial charge < -0.3 is 23.7 Å². The Morgan fingerprint density at radius 1 is 0.457 bits per heavy atom. The minimum atomic E-state index is -0.466. The molecule has 0 aromatic heterocycles. The Morgan fingerprint density at radius 3 is 1.35 bits per heavy atom. The second kappa shape index (κ2) is 16.8. The smallest absolute Gasteiger partial charge is 0.117 e. The molecule has 2 unspecified atom stereocenters. The van der Waals surface area contributed by atoms with Gasteiger partial charge in [0.15, 0.2) is 0 Å². The van der Waals surface area contributed by atoms with Crippen LogP contribution in [-0.2, 0) is 50.1 Å². The molecule has 5 atom stereocenters. The number of halogens is 1. The van der Waals surface area contributed by atoms with Crippen LogP contribution in [0.2, 0.25) is 0 Å². The molecule has 0 spiro atoms. The summed E-state index contributed by atoms with van der Waals surface area (Å²) < 4.78 is 34.7. The molecule has 6 heteroatoms. The molecular weight excluding hydrogens is 640 g/mol. The van der Waals surface area contributed by atoms with Gasteiger partial charge in [-0.05, 0) is 39.9 Å². The van der Waals surface area contributed by atoms with Gasteiger partial charge in [-0.3, -0.25) is 0 Å². The Labute approximate surface area is 280 Å². The molecule has 0 N–H and O–H groups in total. The summed E-state index contributed by atoms with van der Waals surface area (Å²) in [4.78, 5) is 0. The average Bonchev–Trinajstić information content (AvgIpc) is 3.11. The van der Waals surface area contributed by atoms with Crippen LogP contribution >= 0.6 is 15.9 Å². The van der Waals surface area contributed by atoms with Crippen LogP contribution in [0.5, 0.6) is 0 Å². The number of hydrogen-bond acceptors (Lipinski definition) is 5. The van der Waals surface area contributed by atoms with Gasteiger partial charge in [0.2, 0.25) is 0 Å². The zero-order valence-electron chi connectivity index (χ0n) is 25.7. The minimum Gasteiger partial charge on any atom is -0.374 e. The molecule has 1 saturated heterocycles. The van der Waals surface area contributed by atoms with E-state index in [4.69, 9.17) is 23.7 Å². The van der Waals surface area contributed by atoms with Crippen molar-refractivity contribution in [1.82, 2.24) is 0 Å². The molecule has 1 fully saturated rings. The lowest BCUT2D eigenvalue weighted by Gasteiger charge is -2.46. The predicted octanol–water partition coefficient (Wildman–Crippen LogP) is 8.86. The molecule has 1 aliphatic rings. The maximum atomic E-state index is 6.96. The normalized spacial score (nSPS) is 21.2.